The van der Waals surface area contributed by atoms with Gasteiger partial charge in [0.15, 0.2) is 5.58 Å². The zero-order valence-corrected chi connectivity index (χ0v) is 13.6. The molecule has 1 aromatic heterocycles. The van der Waals surface area contributed by atoms with E-state index in [2.05, 4.69) is 17.1 Å². The van der Waals surface area contributed by atoms with Crippen LogP contribution >= 0.6 is 0 Å². The molecule has 0 saturated carbocycles. The number of nitrogens with one attached hydrogen (secondary N) is 1. The lowest BCUT2D eigenvalue weighted by molar-refractivity contribution is -0.124. The molecule has 2 heterocycles. The van der Waals surface area contributed by atoms with Crippen molar-refractivity contribution in [3.8, 4) is 0 Å². The predicted octanol–water partition coefficient (Wildman–Crippen LogP) is 1.76. The van der Waals surface area contributed by atoms with Crippen LogP contribution in [0.2, 0.25) is 0 Å². The number of carbonyl (C=O) groups is 1. The molecule has 2 unspecified atom stereocenters. The van der Waals surface area contributed by atoms with E-state index in [-0.39, 0.29) is 5.91 Å². The van der Waals surface area contributed by atoms with E-state index in [0.29, 0.717) is 23.7 Å². The van der Waals surface area contributed by atoms with E-state index in [1.165, 1.54) is 11.0 Å². The number of rotatable bonds is 5. The van der Waals surface area contributed by atoms with Crippen molar-refractivity contribution >= 4 is 17.0 Å². The zero-order chi connectivity index (χ0) is 16.4. The largest absolute Gasteiger partial charge is 0.420 e. The van der Waals surface area contributed by atoms with Crippen molar-refractivity contribution in [2.45, 2.75) is 38.8 Å². The lowest BCUT2D eigenvalue weighted by Crippen LogP contribution is -2.42. The van der Waals surface area contributed by atoms with Crippen LogP contribution in [0.25, 0.3) is 11.1 Å². The molecule has 23 heavy (non-hydrogen) atoms. The highest BCUT2D eigenvalue weighted by Gasteiger charge is 2.25. The Bertz CT molecular complexity index is 749. The number of fused-ring (bicyclic) bond motifs is 1. The average molecular weight is 317 g/mol. The smallest absolute Gasteiger partial charge is 0.408 e. The van der Waals surface area contributed by atoms with E-state index in [1.807, 2.05) is 6.07 Å². The number of amides is 1. The van der Waals surface area contributed by atoms with Gasteiger partial charge < -0.3 is 9.73 Å². The number of carbonyl (C=O) groups excluding carboxylic acids is 1. The van der Waals surface area contributed by atoms with Gasteiger partial charge in [0.05, 0.1) is 5.52 Å². The maximum Gasteiger partial charge on any atom is 0.420 e. The number of para-hydroxylation sites is 2. The van der Waals surface area contributed by atoms with E-state index in [4.69, 9.17) is 4.42 Å². The first-order valence-corrected chi connectivity index (χ1v) is 8.23. The van der Waals surface area contributed by atoms with Gasteiger partial charge in [-0.2, -0.15) is 0 Å². The van der Waals surface area contributed by atoms with Gasteiger partial charge in [-0.15, -0.1) is 0 Å². The first-order chi connectivity index (χ1) is 11.1. The van der Waals surface area contributed by atoms with Gasteiger partial charge in [0.2, 0.25) is 5.91 Å². The average Bonchev–Trinajstić information content (AvgIpc) is 3.14. The molecule has 1 fully saturated rings. The normalized spacial score (nSPS) is 20.0. The lowest BCUT2D eigenvalue weighted by Gasteiger charge is -2.23. The maximum absolute atomic E-state index is 12.5. The second-order valence-electron chi connectivity index (χ2n) is 6.05. The van der Waals surface area contributed by atoms with E-state index in [1.54, 1.807) is 25.1 Å². The van der Waals surface area contributed by atoms with Gasteiger partial charge >= 0.3 is 5.76 Å². The van der Waals surface area contributed by atoms with Gasteiger partial charge in [-0.1, -0.05) is 19.1 Å². The molecular formula is C17H23N3O3. The minimum Gasteiger partial charge on any atom is -0.408 e. The van der Waals surface area contributed by atoms with Gasteiger partial charge in [0.25, 0.3) is 0 Å². The van der Waals surface area contributed by atoms with E-state index >= 15 is 0 Å². The molecule has 1 saturated heterocycles. The summed E-state index contributed by atoms with van der Waals surface area (Å²) in [5.41, 5.74) is 1.15. The molecule has 124 valence electrons. The molecule has 2 aromatic rings. The molecule has 0 radical (unpaired) electrons. The number of aromatic nitrogens is 1. The molecule has 6 nitrogen and oxygen atoms in total. The van der Waals surface area contributed by atoms with Crippen molar-refractivity contribution in [3.63, 3.8) is 0 Å². The number of oxazole rings is 1. The van der Waals surface area contributed by atoms with Crippen LogP contribution in [0, 0.1) is 0 Å². The first-order valence-electron chi connectivity index (χ1n) is 8.23. The highest BCUT2D eigenvalue weighted by atomic mass is 16.4. The summed E-state index contributed by atoms with van der Waals surface area (Å²) in [5, 5.41) is 2.99. The standard InChI is InChI=1S/C17H23N3O3/c1-3-19-10-6-7-13(19)11-18-16(21)12(2)20-14-8-4-5-9-15(14)23-17(20)22/h4-5,8-9,12-13H,3,6-7,10-11H2,1-2H3,(H,18,21). The summed E-state index contributed by atoms with van der Waals surface area (Å²) in [6.45, 7) is 6.59. The van der Waals surface area contributed by atoms with Gasteiger partial charge in [-0.25, -0.2) is 4.79 Å². The Balaban J connectivity index is 1.72. The third kappa shape index (κ3) is 3.03. The van der Waals surface area contributed by atoms with Crippen molar-refractivity contribution in [1.29, 1.82) is 0 Å². The highest BCUT2D eigenvalue weighted by Crippen LogP contribution is 2.18. The van der Waals surface area contributed by atoms with Gasteiger partial charge in [-0.05, 0) is 45.0 Å². The van der Waals surface area contributed by atoms with E-state index in [9.17, 15) is 9.59 Å². The van der Waals surface area contributed by atoms with E-state index < -0.39 is 11.8 Å². The first kappa shape index (κ1) is 15.8. The van der Waals surface area contributed by atoms with Gasteiger partial charge in [0.1, 0.15) is 6.04 Å². The number of benzene rings is 1. The van der Waals surface area contributed by atoms with Crippen LogP contribution in [0.5, 0.6) is 0 Å². The molecule has 1 amide bonds. The Morgan fingerprint density at radius 2 is 2.22 bits per heavy atom. The highest BCUT2D eigenvalue weighted by molar-refractivity contribution is 5.82. The van der Waals surface area contributed by atoms with Crippen LogP contribution in [0.4, 0.5) is 0 Å². The Hall–Kier alpha value is -2.08. The fraction of sp³-hybridized carbons (Fsp3) is 0.529. The van der Waals surface area contributed by atoms with Crippen LogP contribution < -0.4 is 11.1 Å². The monoisotopic (exact) mass is 317 g/mol. The number of likely N-dealkylation sites (N-methyl/N-ethyl adjacent to an activating group) is 1. The van der Waals surface area contributed by atoms with Crippen molar-refractivity contribution in [2.75, 3.05) is 19.6 Å². The number of hydrogen-bond acceptors (Lipinski definition) is 4. The van der Waals surface area contributed by atoms with Gasteiger partial charge in [-0.3, -0.25) is 14.3 Å². The molecule has 1 aliphatic heterocycles. The third-order valence-electron chi connectivity index (χ3n) is 4.70. The topological polar surface area (TPSA) is 67.5 Å². The third-order valence-corrected chi connectivity index (χ3v) is 4.70. The molecule has 0 bridgehead atoms. The SMILES string of the molecule is CCN1CCCC1CNC(=O)C(C)n1c(=O)oc2ccccc21. The zero-order valence-electron chi connectivity index (χ0n) is 13.6. The number of hydrogen-bond donors (Lipinski definition) is 1. The van der Waals surface area contributed by atoms with Crippen molar-refractivity contribution in [2.24, 2.45) is 0 Å². The Morgan fingerprint density at radius 3 is 3.00 bits per heavy atom. The predicted molar refractivity (Wildman–Crippen MR) is 88.5 cm³/mol. The van der Waals surface area contributed by atoms with Gasteiger partial charge in [0, 0.05) is 12.6 Å². The molecule has 0 spiro atoms. The summed E-state index contributed by atoms with van der Waals surface area (Å²) in [4.78, 5) is 26.9. The van der Waals surface area contributed by atoms with Crippen LogP contribution in [-0.2, 0) is 4.79 Å². The molecule has 1 N–H and O–H groups in total. The second-order valence-corrected chi connectivity index (χ2v) is 6.05. The molecule has 1 aromatic carbocycles. The van der Waals surface area contributed by atoms with Crippen molar-refractivity contribution in [1.82, 2.24) is 14.8 Å². The minimum absolute atomic E-state index is 0.151. The second kappa shape index (κ2) is 6.58. The Labute approximate surface area is 135 Å². The molecule has 3 rings (SSSR count). The Kier molecular flexibility index (Phi) is 4.52. The fourth-order valence-corrected chi connectivity index (χ4v) is 3.38. The van der Waals surface area contributed by atoms with Crippen molar-refractivity contribution in [3.05, 3.63) is 34.8 Å². The summed E-state index contributed by atoms with van der Waals surface area (Å²) in [7, 11) is 0. The van der Waals surface area contributed by atoms with Crippen LogP contribution in [0.15, 0.2) is 33.5 Å². The fourth-order valence-electron chi connectivity index (χ4n) is 3.38. The minimum atomic E-state index is -0.595. The molecule has 2 atom stereocenters. The summed E-state index contributed by atoms with van der Waals surface area (Å²) in [6.07, 6.45) is 2.28. The Morgan fingerprint density at radius 1 is 1.43 bits per heavy atom. The summed E-state index contributed by atoms with van der Waals surface area (Å²) >= 11 is 0. The van der Waals surface area contributed by atoms with Crippen LogP contribution in [-0.4, -0.2) is 41.1 Å². The summed E-state index contributed by atoms with van der Waals surface area (Å²) in [6, 6.07) is 6.96. The number of likely N-dealkylation sites (tertiary alicyclic amines) is 1. The maximum atomic E-state index is 12.5. The number of nitrogens with zero attached hydrogens (tertiary/aromatic N) is 2. The summed E-state index contributed by atoms with van der Waals surface area (Å²) < 4.78 is 6.62. The van der Waals surface area contributed by atoms with Crippen LogP contribution in [0.1, 0.15) is 32.7 Å². The molecule has 1 aliphatic rings. The molecular weight excluding hydrogens is 294 g/mol. The van der Waals surface area contributed by atoms with Crippen LogP contribution in [0.3, 0.4) is 0 Å². The summed E-state index contributed by atoms with van der Waals surface area (Å²) in [5.74, 6) is -0.647. The van der Waals surface area contributed by atoms with Crippen molar-refractivity contribution < 1.29 is 9.21 Å². The molecule has 0 aliphatic carbocycles. The quantitative estimate of drug-likeness (QED) is 0.912. The van der Waals surface area contributed by atoms with E-state index in [0.717, 1.165) is 19.5 Å². The lowest BCUT2D eigenvalue weighted by atomic mass is 10.2. The molecule has 6 heteroatoms.